The van der Waals surface area contributed by atoms with E-state index in [1.807, 2.05) is 19.1 Å². The highest BCUT2D eigenvalue weighted by Gasteiger charge is 2.12. The molecule has 0 atom stereocenters. The highest BCUT2D eigenvalue weighted by atomic mass is 16.5. The van der Waals surface area contributed by atoms with E-state index in [0.29, 0.717) is 11.6 Å². The zero-order valence-electron chi connectivity index (χ0n) is 12.9. The maximum atomic E-state index is 5.88. The summed E-state index contributed by atoms with van der Waals surface area (Å²) in [5.41, 5.74) is 1.98. The molecule has 0 aromatic carbocycles. The number of ether oxygens (including phenoxy) is 1. The van der Waals surface area contributed by atoms with Gasteiger partial charge in [0.1, 0.15) is 17.9 Å². The number of aromatic nitrogens is 3. The van der Waals surface area contributed by atoms with E-state index in [1.165, 1.54) is 6.33 Å². The summed E-state index contributed by atoms with van der Waals surface area (Å²) in [7, 11) is 0. The van der Waals surface area contributed by atoms with E-state index in [0.717, 1.165) is 42.9 Å². The molecule has 0 fully saturated rings. The van der Waals surface area contributed by atoms with Crippen molar-refractivity contribution in [1.82, 2.24) is 15.0 Å². The summed E-state index contributed by atoms with van der Waals surface area (Å²) in [5, 5.41) is 3.34. The molecule has 112 valence electrons. The van der Waals surface area contributed by atoms with Gasteiger partial charge in [-0.05, 0) is 31.9 Å². The van der Waals surface area contributed by atoms with Gasteiger partial charge in [0.15, 0.2) is 0 Å². The Balaban J connectivity index is 2.26. The molecule has 0 amide bonds. The summed E-state index contributed by atoms with van der Waals surface area (Å²) in [5.74, 6) is 2.16. The minimum absolute atomic E-state index is 0.608. The topological polar surface area (TPSA) is 59.9 Å². The van der Waals surface area contributed by atoms with Crippen molar-refractivity contribution in [2.75, 3.05) is 11.9 Å². The van der Waals surface area contributed by atoms with Gasteiger partial charge in [-0.2, -0.15) is 0 Å². The van der Waals surface area contributed by atoms with E-state index >= 15 is 0 Å². The largest absolute Gasteiger partial charge is 0.437 e. The Morgan fingerprint density at radius 3 is 2.62 bits per heavy atom. The molecule has 1 N–H and O–H groups in total. The average molecular weight is 286 g/mol. The lowest BCUT2D eigenvalue weighted by molar-refractivity contribution is 0.452. The van der Waals surface area contributed by atoms with Crippen molar-refractivity contribution in [2.24, 2.45) is 0 Å². The third-order valence-electron chi connectivity index (χ3n) is 3.05. The van der Waals surface area contributed by atoms with Gasteiger partial charge < -0.3 is 10.1 Å². The lowest BCUT2D eigenvalue weighted by Crippen LogP contribution is -2.07. The van der Waals surface area contributed by atoms with Crippen LogP contribution >= 0.6 is 0 Å². The quantitative estimate of drug-likeness (QED) is 0.840. The van der Waals surface area contributed by atoms with Crippen LogP contribution in [0.5, 0.6) is 11.6 Å². The lowest BCUT2D eigenvalue weighted by atomic mass is 10.1. The van der Waals surface area contributed by atoms with Gasteiger partial charge in [0.2, 0.25) is 5.88 Å². The Morgan fingerprint density at radius 2 is 1.95 bits per heavy atom. The zero-order valence-corrected chi connectivity index (χ0v) is 12.9. The summed E-state index contributed by atoms with van der Waals surface area (Å²) >= 11 is 0. The van der Waals surface area contributed by atoms with Gasteiger partial charge in [-0.3, -0.25) is 4.98 Å². The highest BCUT2D eigenvalue weighted by Crippen LogP contribution is 2.27. The Morgan fingerprint density at radius 1 is 1.10 bits per heavy atom. The van der Waals surface area contributed by atoms with Crippen molar-refractivity contribution >= 4 is 5.82 Å². The number of hydrogen-bond acceptors (Lipinski definition) is 5. The minimum Gasteiger partial charge on any atom is -0.437 e. The van der Waals surface area contributed by atoms with Crippen molar-refractivity contribution < 1.29 is 4.74 Å². The van der Waals surface area contributed by atoms with Crippen LogP contribution < -0.4 is 10.1 Å². The second-order valence-corrected chi connectivity index (χ2v) is 4.92. The van der Waals surface area contributed by atoms with Crippen LogP contribution in [0, 0.1) is 6.92 Å². The fraction of sp³-hybridized carbons (Fsp3) is 0.438. The number of rotatable bonds is 7. The molecule has 2 heterocycles. The first-order valence-electron chi connectivity index (χ1n) is 7.42. The first-order chi connectivity index (χ1) is 10.2. The van der Waals surface area contributed by atoms with Crippen LogP contribution in [0.15, 0.2) is 24.7 Å². The predicted molar refractivity (Wildman–Crippen MR) is 83.9 cm³/mol. The smallest absolute Gasteiger partial charge is 0.227 e. The van der Waals surface area contributed by atoms with Crippen molar-refractivity contribution in [2.45, 2.75) is 40.0 Å². The Labute approximate surface area is 125 Å². The zero-order chi connectivity index (χ0) is 15.1. The van der Waals surface area contributed by atoms with Crippen molar-refractivity contribution in [3.05, 3.63) is 35.9 Å². The number of nitrogens with one attached hydrogen (secondary N) is 1. The van der Waals surface area contributed by atoms with E-state index in [2.05, 4.69) is 34.1 Å². The van der Waals surface area contributed by atoms with Crippen LogP contribution in [0.4, 0.5) is 5.82 Å². The van der Waals surface area contributed by atoms with Gasteiger partial charge in [-0.1, -0.05) is 20.3 Å². The standard InChI is InChI=1S/C16H22N4O/c1-4-6-14-15(17-9-5-2)19-11-20-16(14)21-13-8-7-12(3)18-10-13/h7-8,10-11H,4-6,9H2,1-3H3,(H,17,19,20). The number of anilines is 1. The van der Waals surface area contributed by atoms with Crippen molar-refractivity contribution in [3.63, 3.8) is 0 Å². The van der Waals surface area contributed by atoms with Gasteiger partial charge in [-0.25, -0.2) is 9.97 Å². The lowest BCUT2D eigenvalue weighted by Gasteiger charge is -2.13. The third kappa shape index (κ3) is 4.15. The molecule has 2 rings (SSSR count). The van der Waals surface area contributed by atoms with Crippen LogP contribution in [-0.4, -0.2) is 21.5 Å². The van der Waals surface area contributed by atoms with E-state index < -0.39 is 0 Å². The minimum atomic E-state index is 0.608. The molecule has 0 saturated heterocycles. The van der Waals surface area contributed by atoms with Gasteiger partial charge in [-0.15, -0.1) is 0 Å². The third-order valence-corrected chi connectivity index (χ3v) is 3.05. The molecular weight excluding hydrogens is 264 g/mol. The summed E-state index contributed by atoms with van der Waals surface area (Å²) in [6.07, 6.45) is 6.19. The molecule has 5 nitrogen and oxygen atoms in total. The van der Waals surface area contributed by atoms with Gasteiger partial charge in [0.25, 0.3) is 0 Å². The molecule has 0 unspecified atom stereocenters. The fourth-order valence-electron chi connectivity index (χ4n) is 1.98. The summed E-state index contributed by atoms with van der Waals surface area (Å²) < 4.78 is 5.88. The molecule has 2 aromatic heterocycles. The molecular formula is C16H22N4O. The SMILES string of the molecule is CCCNc1ncnc(Oc2ccc(C)nc2)c1CCC. The molecule has 0 saturated carbocycles. The Kier molecular flexibility index (Phi) is 5.49. The Hall–Kier alpha value is -2.17. The van der Waals surface area contributed by atoms with Crippen LogP contribution in [0.3, 0.4) is 0 Å². The second-order valence-electron chi connectivity index (χ2n) is 4.92. The van der Waals surface area contributed by atoms with Gasteiger partial charge >= 0.3 is 0 Å². The number of pyridine rings is 1. The van der Waals surface area contributed by atoms with Crippen LogP contribution in [-0.2, 0) is 6.42 Å². The summed E-state index contributed by atoms with van der Waals surface area (Å²) in [6.45, 7) is 7.10. The molecule has 0 spiro atoms. The molecule has 0 radical (unpaired) electrons. The highest BCUT2D eigenvalue weighted by molar-refractivity contribution is 5.49. The molecule has 5 heteroatoms. The predicted octanol–water partition coefficient (Wildman–Crippen LogP) is 3.75. The average Bonchev–Trinajstić information content (AvgIpc) is 2.50. The van der Waals surface area contributed by atoms with E-state index in [-0.39, 0.29) is 0 Å². The molecule has 0 aliphatic carbocycles. The van der Waals surface area contributed by atoms with Gasteiger partial charge in [0, 0.05) is 12.2 Å². The first-order valence-corrected chi connectivity index (χ1v) is 7.42. The van der Waals surface area contributed by atoms with E-state index in [1.54, 1.807) is 6.20 Å². The van der Waals surface area contributed by atoms with Crippen molar-refractivity contribution in [1.29, 1.82) is 0 Å². The van der Waals surface area contributed by atoms with Crippen molar-refractivity contribution in [3.8, 4) is 11.6 Å². The van der Waals surface area contributed by atoms with Crippen LogP contribution in [0.2, 0.25) is 0 Å². The fourth-order valence-corrected chi connectivity index (χ4v) is 1.98. The molecule has 0 bridgehead atoms. The maximum absolute atomic E-state index is 5.88. The molecule has 0 aliphatic heterocycles. The molecule has 2 aromatic rings. The number of aryl methyl sites for hydroxylation is 1. The number of hydrogen-bond donors (Lipinski definition) is 1. The van der Waals surface area contributed by atoms with E-state index in [4.69, 9.17) is 4.74 Å². The summed E-state index contributed by atoms with van der Waals surface area (Å²) in [4.78, 5) is 12.9. The monoisotopic (exact) mass is 286 g/mol. The number of nitrogens with zero attached hydrogens (tertiary/aromatic N) is 3. The van der Waals surface area contributed by atoms with Crippen LogP contribution in [0.25, 0.3) is 0 Å². The summed E-state index contributed by atoms with van der Waals surface area (Å²) in [6, 6.07) is 3.82. The Bertz CT molecular complexity index is 569. The van der Waals surface area contributed by atoms with Gasteiger partial charge in [0.05, 0.1) is 11.8 Å². The molecule has 0 aliphatic rings. The maximum Gasteiger partial charge on any atom is 0.227 e. The molecule has 21 heavy (non-hydrogen) atoms. The van der Waals surface area contributed by atoms with Crippen LogP contribution in [0.1, 0.15) is 37.9 Å². The second kappa shape index (κ2) is 7.57. The van der Waals surface area contributed by atoms with E-state index in [9.17, 15) is 0 Å². The normalized spacial score (nSPS) is 10.4. The first kappa shape index (κ1) is 15.2.